The summed E-state index contributed by atoms with van der Waals surface area (Å²) in [5.74, 6) is 0. The predicted molar refractivity (Wildman–Crippen MR) is 66.3 cm³/mol. The molecule has 1 N–H and O–H groups in total. The second-order valence-electron chi connectivity index (χ2n) is 4.72. The minimum absolute atomic E-state index is 0.0637. The summed E-state index contributed by atoms with van der Waals surface area (Å²) in [5.41, 5.74) is 0.642. The molecule has 1 saturated heterocycles. The quantitative estimate of drug-likeness (QED) is 0.866. The molecule has 1 aliphatic heterocycles. The second-order valence-corrected chi connectivity index (χ2v) is 4.72. The molecule has 2 rings (SSSR count). The van der Waals surface area contributed by atoms with Crippen LogP contribution in [-0.4, -0.2) is 17.7 Å². The Hall–Kier alpha value is -1.37. The maximum atomic E-state index is 9.39. The van der Waals surface area contributed by atoms with Crippen LogP contribution in [0.3, 0.4) is 0 Å². The minimum atomic E-state index is -0.546. The fraction of sp³-hybridized carbons (Fsp3) is 0.500. The van der Waals surface area contributed by atoms with Crippen molar-refractivity contribution in [2.45, 2.75) is 44.6 Å². The summed E-state index contributed by atoms with van der Waals surface area (Å²) in [6, 6.07) is 12.5. The predicted octanol–water partition coefficient (Wildman–Crippen LogP) is 2.24. The van der Waals surface area contributed by atoms with E-state index in [-0.39, 0.29) is 12.2 Å². The molecule has 0 aromatic heterocycles. The number of rotatable bonds is 3. The van der Waals surface area contributed by atoms with Crippen molar-refractivity contribution >= 4 is 0 Å². The molecule has 17 heavy (non-hydrogen) atoms. The standard InChI is InChI=1S/C14H18N2O/c1-11-8-14(10-15,12(2)17-11)16-9-13-6-4-3-5-7-13/h3-7,11-12,16H,8-9H2,1-2H3. The molecule has 1 aromatic rings. The first-order valence-electron chi connectivity index (χ1n) is 6.02. The third kappa shape index (κ3) is 2.49. The van der Waals surface area contributed by atoms with Crippen LogP contribution in [0.25, 0.3) is 0 Å². The number of hydrogen-bond donors (Lipinski definition) is 1. The van der Waals surface area contributed by atoms with Crippen LogP contribution in [-0.2, 0) is 11.3 Å². The van der Waals surface area contributed by atoms with Crippen LogP contribution < -0.4 is 5.32 Å². The lowest BCUT2D eigenvalue weighted by Crippen LogP contribution is -2.48. The van der Waals surface area contributed by atoms with E-state index in [4.69, 9.17) is 4.74 Å². The Kier molecular flexibility index (Phi) is 3.46. The summed E-state index contributed by atoms with van der Waals surface area (Å²) in [5, 5.41) is 12.7. The summed E-state index contributed by atoms with van der Waals surface area (Å²) in [6.45, 7) is 4.68. The van der Waals surface area contributed by atoms with Gasteiger partial charge in [-0.1, -0.05) is 30.3 Å². The van der Waals surface area contributed by atoms with Crippen LogP contribution >= 0.6 is 0 Å². The van der Waals surface area contributed by atoms with Gasteiger partial charge >= 0.3 is 0 Å². The van der Waals surface area contributed by atoms with Crippen molar-refractivity contribution in [3.05, 3.63) is 35.9 Å². The molecule has 1 aromatic carbocycles. The number of benzene rings is 1. The number of ether oxygens (including phenoxy) is 1. The molecule has 3 unspecified atom stereocenters. The highest BCUT2D eigenvalue weighted by Gasteiger charge is 2.44. The molecule has 0 saturated carbocycles. The number of nitrogens with zero attached hydrogens (tertiary/aromatic N) is 1. The van der Waals surface area contributed by atoms with Gasteiger partial charge in [-0.3, -0.25) is 5.32 Å². The minimum Gasteiger partial charge on any atom is -0.372 e. The monoisotopic (exact) mass is 230 g/mol. The van der Waals surface area contributed by atoms with Crippen LogP contribution in [0, 0.1) is 11.3 Å². The van der Waals surface area contributed by atoms with Crippen molar-refractivity contribution in [2.75, 3.05) is 0 Å². The molecule has 0 aliphatic carbocycles. The number of nitriles is 1. The summed E-state index contributed by atoms with van der Waals surface area (Å²) < 4.78 is 5.67. The zero-order valence-electron chi connectivity index (χ0n) is 10.3. The van der Waals surface area contributed by atoms with Crippen molar-refractivity contribution in [1.29, 1.82) is 5.26 Å². The largest absolute Gasteiger partial charge is 0.372 e. The molecule has 90 valence electrons. The van der Waals surface area contributed by atoms with Gasteiger partial charge in [-0.2, -0.15) is 5.26 Å². The van der Waals surface area contributed by atoms with Gasteiger partial charge in [0.25, 0.3) is 0 Å². The molecule has 1 fully saturated rings. The third-order valence-corrected chi connectivity index (χ3v) is 3.39. The molecule has 3 atom stereocenters. The van der Waals surface area contributed by atoms with Crippen LogP contribution in [0.15, 0.2) is 30.3 Å². The highest BCUT2D eigenvalue weighted by atomic mass is 16.5. The summed E-state index contributed by atoms with van der Waals surface area (Å²) in [7, 11) is 0. The fourth-order valence-electron chi connectivity index (χ4n) is 2.38. The lowest BCUT2D eigenvalue weighted by Gasteiger charge is -2.25. The van der Waals surface area contributed by atoms with Gasteiger partial charge < -0.3 is 4.74 Å². The van der Waals surface area contributed by atoms with E-state index >= 15 is 0 Å². The Morgan fingerprint density at radius 1 is 1.41 bits per heavy atom. The van der Waals surface area contributed by atoms with Crippen molar-refractivity contribution in [3.63, 3.8) is 0 Å². The Morgan fingerprint density at radius 3 is 2.65 bits per heavy atom. The first-order valence-corrected chi connectivity index (χ1v) is 6.02. The van der Waals surface area contributed by atoms with Gasteiger partial charge in [-0.15, -0.1) is 0 Å². The van der Waals surface area contributed by atoms with E-state index in [1.165, 1.54) is 5.56 Å². The maximum absolute atomic E-state index is 9.39. The second kappa shape index (κ2) is 4.87. The van der Waals surface area contributed by atoms with E-state index < -0.39 is 5.54 Å². The third-order valence-electron chi connectivity index (χ3n) is 3.39. The normalized spacial score (nSPS) is 32.3. The average Bonchev–Trinajstić information content (AvgIpc) is 2.63. The Balaban J connectivity index is 2.04. The van der Waals surface area contributed by atoms with Crippen molar-refractivity contribution in [1.82, 2.24) is 5.32 Å². The highest BCUT2D eigenvalue weighted by molar-refractivity contribution is 5.19. The molecule has 0 radical (unpaired) electrons. The van der Waals surface area contributed by atoms with Gasteiger partial charge in [-0.05, 0) is 19.4 Å². The molecular weight excluding hydrogens is 212 g/mol. The van der Waals surface area contributed by atoms with Gasteiger partial charge in [0.2, 0.25) is 0 Å². The Labute approximate surface area is 102 Å². The zero-order valence-corrected chi connectivity index (χ0v) is 10.3. The molecule has 1 heterocycles. The van der Waals surface area contributed by atoms with E-state index in [1.807, 2.05) is 32.0 Å². The molecule has 0 bridgehead atoms. The molecule has 3 heteroatoms. The van der Waals surface area contributed by atoms with Crippen LogP contribution in [0.5, 0.6) is 0 Å². The molecule has 3 nitrogen and oxygen atoms in total. The first-order chi connectivity index (χ1) is 8.16. The SMILES string of the molecule is CC1CC(C#N)(NCc2ccccc2)C(C)O1. The van der Waals surface area contributed by atoms with E-state index in [0.717, 1.165) is 6.42 Å². The van der Waals surface area contributed by atoms with E-state index in [2.05, 4.69) is 23.5 Å². The lowest BCUT2D eigenvalue weighted by molar-refractivity contribution is 0.0523. The van der Waals surface area contributed by atoms with E-state index in [9.17, 15) is 5.26 Å². The van der Waals surface area contributed by atoms with Crippen molar-refractivity contribution in [2.24, 2.45) is 0 Å². The Morgan fingerprint density at radius 2 is 2.12 bits per heavy atom. The topological polar surface area (TPSA) is 45.0 Å². The summed E-state index contributed by atoms with van der Waals surface area (Å²) >= 11 is 0. The Bertz CT molecular complexity index is 412. The van der Waals surface area contributed by atoms with Gasteiger partial charge in [0.05, 0.1) is 18.3 Å². The van der Waals surface area contributed by atoms with Crippen LogP contribution in [0.4, 0.5) is 0 Å². The maximum Gasteiger partial charge on any atom is 0.135 e. The van der Waals surface area contributed by atoms with Gasteiger partial charge in [0.1, 0.15) is 5.54 Å². The van der Waals surface area contributed by atoms with Crippen LogP contribution in [0.2, 0.25) is 0 Å². The van der Waals surface area contributed by atoms with E-state index in [1.54, 1.807) is 0 Å². The zero-order chi connectivity index (χ0) is 12.3. The molecule has 0 spiro atoms. The molecule has 0 amide bonds. The molecule has 1 aliphatic rings. The number of nitrogens with one attached hydrogen (secondary N) is 1. The first kappa shape index (κ1) is 12.1. The van der Waals surface area contributed by atoms with Crippen LogP contribution in [0.1, 0.15) is 25.8 Å². The van der Waals surface area contributed by atoms with E-state index in [0.29, 0.717) is 6.54 Å². The fourth-order valence-corrected chi connectivity index (χ4v) is 2.38. The van der Waals surface area contributed by atoms with Gasteiger partial charge in [0.15, 0.2) is 0 Å². The molecular formula is C14H18N2O. The number of hydrogen-bond acceptors (Lipinski definition) is 3. The smallest absolute Gasteiger partial charge is 0.135 e. The summed E-state index contributed by atoms with van der Waals surface area (Å²) in [6.07, 6.45) is 0.830. The van der Waals surface area contributed by atoms with Crippen molar-refractivity contribution < 1.29 is 4.74 Å². The van der Waals surface area contributed by atoms with Gasteiger partial charge in [-0.25, -0.2) is 0 Å². The lowest BCUT2D eigenvalue weighted by atomic mass is 9.91. The highest BCUT2D eigenvalue weighted by Crippen LogP contribution is 2.30. The average molecular weight is 230 g/mol. The van der Waals surface area contributed by atoms with Crippen molar-refractivity contribution in [3.8, 4) is 6.07 Å². The van der Waals surface area contributed by atoms with Gasteiger partial charge in [0, 0.05) is 13.0 Å². The summed E-state index contributed by atoms with van der Waals surface area (Å²) in [4.78, 5) is 0.